The Kier molecular flexibility index (Phi) is 5.01. The molecular formula is C15H22N2O4. The number of nitrogens with zero attached hydrogens (tertiary/aromatic N) is 1. The lowest BCUT2D eigenvalue weighted by Crippen LogP contribution is -2.26. The molecule has 1 aromatic rings. The molecule has 1 aromatic carbocycles. The lowest BCUT2D eigenvalue weighted by atomic mass is 10.0. The molecule has 0 radical (unpaired) electrons. The van der Waals surface area contributed by atoms with Crippen molar-refractivity contribution in [3.8, 4) is 5.75 Å². The standard InChI is InChI=1S/C15H22N2O4/c1-10(2)21-15-8-13(4-5-14(15)17(18)19)16-11(3)12-6-7-20-9-12/h4-5,8,10-12,16H,6-7,9H2,1-3H3. The minimum Gasteiger partial charge on any atom is -0.484 e. The second-order valence-electron chi connectivity index (χ2n) is 5.66. The maximum absolute atomic E-state index is 11.0. The van der Waals surface area contributed by atoms with Crippen molar-refractivity contribution >= 4 is 11.4 Å². The van der Waals surface area contributed by atoms with Crippen molar-refractivity contribution in [2.75, 3.05) is 18.5 Å². The first-order valence-electron chi connectivity index (χ1n) is 7.26. The highest BCUT2D eigenvalue weighted by Crippen LogP contribution is 2.32. The third-order valence-corrected chi connectivity index (χ3v) is 3.59. The van der Waals surface area contributed by atoms with Gasteiger partial charge < -0.3 is 14.8 Å². The Morgan fingerprint density at radius 2 is 2.19 bits per heavy atom. The van der Waals surface area contributed by atoms with Crippen molar-refractivity contribution < 1.29 is 14.4 Å². The number of benzene rings is 1. The van der Waals surface area contributed by atoms with Gasteiger partial charge in [-0.05, 0) is 33.3 Å². The molecule has 0 amide bonds. The normalized spacial score (nSPS) is 19.5. The number of rotatable bonds is 6. The fourth-order valence-electron chi connectivity index (χ4n) is 2.43. The van der Waals surface area contributed by atoms with E-state index < -0.39 is 4.92 Å². The van der Waals surface area contributed by atoms with Crippen LogP contribution in [0.5, 0.6) is 5.75 Å². The maximum atomic E-state index is 11.0. The number of anilines is 1. The Balaban J connectivity index is 2.14. The van der Waals surface area contributed by atoms with Gasteiger partial charge in [-0.25, -0.2) is 0 Å². The minimum atomic E-state index is -0.421. The van der Waals surface area contributed by atoms with Gasteiger partial charge in [0.25, 0.3) is 0 Å². The highest BCUT2D eigenvalue weighted by Gasteiger charge is 2.23. The summed E-state index contributed by atoms with van der Waals surface area (Å²) >= 11 is 0. The lowest BCUT2D eigenvalue weighted by molar-refractivity contribution is -0.386. The molecular weight excluding hydrogens is 272 g/mol. The van der Waals surface area contributed by atoms with E-state index in [0.717, 1.165) is 25.3 Å². The number of hydrogen-bond acceptors (Lipinski definition) is 5. The Morgan fingerprint density at radius 3 is 2.76 bits per heavy atom. The summed E-state index contributed by atoms with van der Waals surface area (Å²) in [6, 6.07) is 5.15. The van der Waals surface area contributed by atoms with E-state index in [1.807, 2.05) is 13.8 Å². The molecule has 0 aliphatic carbocycles. The summed E-state index contributed by atoms with van der Waals surface area (Å²) < 4.78 is 10.9. The minimum absolute atomic E-state index is 0.00824. The van der Waals surface area contributed by atoms with Crippen molar-refractivity contribution in [2.45, 2.75) is 39.3 Å². The summed E-state index contributed by atoms with van der Waals surface area (Å²) in [6.07, 6.45) is 0.927. The SMILES string of the molecule is CC(C)Oc1cc(NC(C)C2CCOC2)ccc1[N+](=O)[O-]. The molecule has 0 aromatic heterocycles. The molecule has 1 heterocycles. The predicted molar refractivity (Wildman–Crippen MR) is 80.9 cm³/mol. The van der Waals surface area contributed by atoms with Crippen molar-refractivity contribution in [1.29, 1.82) is 0 Å². The van der Waals surface area contributed by atoms with Crippen LogP contribution in [0.2, 0.25) is 0 Å². The summed E-state index contributed by atoms with van der Waals surface area (Å²) in [5.41, 5.74) is 0.821. The Hall–Kier alpha value is -1.82. The molecule has 1 saturated heterocycles. The molecule has 1 N–H and O–H groups in total. The van der Waals surface area contributed by atoms with Crippen LogP contribution in [0, 0.1) is 16.0 Å². The van der Waals surface area contributed by atoms with E-state index >= 15 is 0 Å². The second kappa shape index (κ2) is 6.76. The highest BCUT2D eigenvalue weighted by molar-refractivity contribution is 5.58. The average Bonchev–Trinajstić information content (AvgIpc) is 2.91. The first kappa shape index (κ1) is 15.6. The molecule has 2 rings (SSSR count). The van der Waals surface area contributed by atoms with Gasteiger partial charge in [-0.3, -0.25) is 10.1 Å². The van der Waals surface area contributed by atoms with Crippen LogP contribution in [0.1, 0.15) is 27.2 Å². The fourth-order valence-corrected chi connectivity index (χ4v) is 2.43. The summed E-state index contributed by atoms with van der Waals surface area (Å²) in [4.78, 5) is 10.6. The third-order valence-electron chi connectivity index (χ3n) is 3.59. The molecule has 1 aliphatic heterocycles. The van der Waals surface area contributed by atoms with Crippen molar-refractivity contribution in [3.05, 3.63) is 28.3 Å². The van der Waals surface area contributed by atoms with Gasteiger partial charge in [0.05, 0.1) is 17.6 Å². The molecule has 0 bridgehead atoms. The van der Waals surface area contributed by atoms with E-state index in [-0.39, 0.29) is 17.8 Å². The molecule has 2 unspecified atom stereocenters. The number of nitro groups is 1. The zero-order chi connectivity index (χ0) is 15.4. The van der Waals surface area contributed by atoms with E-state index in [0.29, 0.717) is 11.7 Å². The van der Waals surface area contributed by atoms with Crippen molar-refractivity contribution in [3.63, 3.8) is 0 Å². The van der Waals surface area contributed by atoms with E-state index in [9.17, 15) is 10.1 Å². The first-order chi connectivity index (χ1) is 9.97. The molecule has 116 valence electrons. The van der Waals surface area contributed by atoms with Crippen LogP contribution in [-0.4, -0.2) is 30.3 Å². The molecule has 21 heavy (non-hydrogen) atoms. The average molecular weight is 294 g/mol. The van der Waals surface area contributed by atoms with E-state index in [2.05, 4.69) is 12.2 Å². The van der Waals surface area contributed by atoms with Crippen LogP contribution in [-0.2, 0) is 4.74 Å². The predicted octanol–water partition coefficient (Wildman–Crippen LogP) is 3.22. The fraction of sp³-hybridized carbons (Fsp3) is 0.600. The van der Waals surface area contributed by atoms with Crippen molar-refractivity contribution in [2.24, 2.45) is 5.92 Å². The smallest absolute Gasteiger partial charge is 0.311 e. The maximum Gasteiger partial charge on any atom is 0.311 e. The van der Waals surface area contributed by atoms with Crippen molar-refractivity contribution in [1.82, 2.24) is 0 Å². The van der Waals surface area contributed by atoms with Gasteiger partial charge in [-0.2, -0.15) is 0 Å². The molecule has 0 spiro atoms. The number of nitro benzene ring substituents is 1. The zero-order valence-corrected chi connectivity index (χ0v) is 12.7. The molecule has 1 fully saturated rings. The largest absolute Gasteiger partial charge is 0.484 e. The van der Waals surface area contributed by atoms with E-state index in [1.54, 1.807) is 12.1 Å². The first-order valence-corrected chi connectivity index (χ1v) is 7.26. The monoisotopic (exact) mass is 294 g/mol. The van der Waals surface area contributed by atoms with Crippen LogP contribution < -0.4 is 10.1 Å². The molecule has 1 aliphatic rings. The van der Waals surface area contributed by atoms with Gasteiger partial charge in [0, 0.05) is 36.4 Å². The third kappa shape index (κ3) is 4.07. The molecule has 6 heteroatoms. The van der Waals surface area contributed by atoms with Gasteiger partial charge in [0.1, 0.15) is 0 Å². The Morgan fingerprint density at radius 1 is 1.43 bits per heavy atom. The number of ether oxygens (including phenoxy) is 2. The van der Waals surface area contributed by atoms with Gasteiger partial charge in [-0.15, -0.1) is 0 Å². The van der Waals surface area contributed by atoms with Crippen LogP contribution in [0.25, 0.3) is 0 Å². The molecule has 0 saturated carbocycles. The van der Waals surface area contributed by atoms with Crippen LogP contribution in [0.15, 0.2) is 18.2 Å². The van der Waals surface area contributed by atoms with Crippen LogP contribution in [0.3, 0.4) is 0 Å². The zero-order valence-electron chi connectivity index (χ0n) is 12.7. The number of nitrogens with one attached hydrogen (secondary N) is 1. The quantitative estimate of drug-likeness (QED) is 0.644. The summed E-state index contributed by atoms with van der Waals surface area (Å²) in [7, 11) is 0. The van der Waals surface area contributed by atoms with Gasteiger partial charge in [0.15, 0.2) is 5.75 Å². The van der Waals surface area contributed by atoms with Gasteiger partial charge >= 0.3 is 5.69 Å². The van der Waals surface area contributed by atoms with E-state index in [1.165, 1.54) is 6.07 Å². The summed E-state index contributed by atoms with van der Waals surface area (Å²) in [5, 5.41) is 14.4. The van der Waals surface area contributed by atoms with E-state index in [4.69, 9.17) is 9.47 Å². The molecule has 6 nitrogen and oxygen atoms in total. The summed E-state index contributed by atoms with van der Waals surface area (Å²) in [5.74, 6) is 0.768. The van der Waals surface area contributed by atoms with Crippen LogP contribution in [0.4, 0.5) is 11.4 Å². The molecule has 2 atom stereocenters. The van der Waals surface area contributed by atoms with Crippen LogP contribution >= 0.6 is 0 Å². The van der Waals surface area contributed by atoms with Gasteiger partial charge in [-0.1, -0.05) is 0 Å². The highest BCUT2D eigenvalue weighted by atomic mass is 16.6. The Bertz CT molecular complexity index is 498. The lowest BCUT2D eigenvalue weighted by Gasteiger charge is -2.21. The summed E-state index contributed by atoms with van der Waals surface area (Å²) in [6.45, 7) is 7.36. The second-order valence-corrected chi connectivity index (χ2v) is 5.66. The topological polar surface area (TPSA) is 73.6 Å². The van der Waals surface area contributed by atoms with Gasteiger partial charge in [0.2, 0.25) is 0 Å². The Labute approximate surface area is 124 Å². The number of hydrogen-bond donors (Lipinski definition) is 1.